The summed E-state index contributed by atoms with van der Waals surface area (Å²) in [7, 11) is -0.0493. The van der Waals surface area contributed by atoms with E-state index in [0.29, 0.717) is 23.7 Å². The number of sulfonamides is 1. The Hall–Kier alpha value is -3.17. The molecule has 1 aliphatic rings. The summed E-state index contributed by atoms with van der Waals surface area (Å²) in [4.78, 5) is 16.4. The number of anilines is 1. The van der Waals surface area contributed by atoms with Crippen LogP contribution in [0.3, 0.4) is 0 Å². The van der Waals surface area contributed by atoms with Crippen molar-refractivity contribution in [2.75, 3.05) is 26.1 Å². The monoisotopic (exact) mass is 556 g/mol. The van der Waals surface area contributed by atoms with Crippen LogP contribution < -0.4 is 14.2 Å². The lowest BCUT2D eigenvalue weighted by molar-refractivity contribution is 0.0950. The molecular weight excluding hydrogens is 531 g/mol. The smallest absolute Gasteiger partial charge is 0.245 e. The van der Waals surface area contributed by atoms with E-state index in [4.69, 9.17) is 25.8 Å². The van der Waals surface area contributed by atoms with Gasteiger partial charge < -0.3 is 14.2 Å². The first-order valence-corrected chi connectivity index (χ1v) is 13.2. The van der Waals surface area contributed by atoms with Crippen molar-refractivity contribution in [3.63, 3.8) is 0 Å². The molecule has 37 heavy (non-hydrogen) atoms. The number of halogens is 2. The molecule has 3 heterocycles. The number of hydrogen-bond donors (Lipinski definition) is 1. The van der Waals surface area contributed by atoms with E-state index in [1.165, 1.54) is 51.5 Å². The highest BCUT2D eigenvalue weighted by Gasteiger charge is 2.37. The first-order chi connectivity index (χ1) is 17.7. The van der Waals surface area contributed by atoms with Gasteiger partial charge in [0.15, 0.2) is 11.5 Å². The largest absolute Gasteiger partial charge is 0.479 e. The molecular formula is C21H26ClFN8O5S. The summed E-state index contributed by atoms with van der Waals surface area (Å²) in [5.41, 5.74) is 0.171. The lowest BCUT2D eigenvalue weighted by Crippen LogP contribution is -2.33. The standard InChI is InChI=1S/C21H26ClFN8O5S/c1-11(16(34-2)17-24-8-13(22)9-25-17)37(32,33)30-21-29-28-18(12-5-6-14(23)7-12)31(21)15-19(35-3)26-10-27-20(15)36-4/h8-12,14,16H,5-7H2,1-4H3,(H,29,30)/t11?,12-,14-,16?/m0/s1. The second-order valence-electron chi connectivity index (χ2n) is 8.33. The van der Waals surface area contributed by atoms with E-state index in [0.717, 1.165) is 0 Å². The molecule has 1 aliphatic carbocycles. The molecule has 16 heteroatoms. The fourth-order valence-electron chi connectivity index (χ4n) is 4.20. The van der Waals surface area contributed by atoms with E-state index in [9.17, 15) is 12.8 Å². The molecule has 0 radical (unpaired) electrons. The summed E-state index contributed by atoms with van der Waals surface area (Å²) in [5, 5.41) is 7.43. The maximum atomic E-state index is 14.1. The van der Waals surface area contributed by atoms with Gasteiger partial charge in [0.2, 0.25) is 27.7 Å². The lowest BCUT2D eigenvalue weighted by Gasteiger charge is -2.23. The fraction of sp³-hybridized carbons (Fsp3) is 0.524. The van der Waals surface area contributed by atoms with Gasteiger partial charge in [0, 0.05) is 25.4 Å². The Morgan fingerprint density at radius 3 is 2.27 bits per heavy atom. The number of aromatic nitrogens is 7. The highest BCUT2D eigenvalue weighted by atomic mass is 35.5. The zero-order valence-corrected chi connectivity index (χ0v) is 22.1. The van der Waals surface area contributed by atoms with Crippen LogP contribution in [0.1, 0.15) is 49.9 Å². The van der Waals surface area contributed by atoms with E-state index in [-0.39, 0.29) is 41.6 Å². The third kappa shape index (κ3) is 5.43. The minimum atomic E-state index is -4.18. The van der Waals surface area contributed by atoms with E-state index >= 15 is 0 Å². The molecule has 1 saturated carbocycles. The molecule has 0 spiro atoms. The van der Waals surface area contributed by atoms with Crippen molar-refractivity contribution in [1.82, 2.24) is 34.7 Å². The SMILES string of the molecule is COc1ncnc(OC)c1-n1c(NS(=O)(=O)C(C)C(OC)c2ncc(Cl)cn2)nnc1[C@H]1CC[C@H](F)C1. The minimum Gasteiger partial charge on any atom is -0.479 e. The van der Waals surface area contributed by atoms with Gasteiger partial charge in [-0.2, -0.15) is 9.97 Å². The molecule has 4 atom stereocenters. The highest BCUT2D eigenvalue weighted by Crippen LogP contribution is 2.40. The van der Waals surface area contributed by atoms with Crippen LogP contribution in [0, 0.1) is 0 Å². The van der Waals surface area contributed by atoms with Gasteiger partial charge in [0.25, 0.3) is 0 Å². The van der Waals surface area contributed by atoms with Crippen molar-refractivity contribution in [2.24, 2.45) is 0 Å². The van der Waals surface area contributed by atoms with E-state index in [1.807, 2.05) is 0 Å². The van der Waals surface area contributed by atoms with Crippen LogP contribution in [0.15, 0.2) is 18.7 Å². The predicted octanol–water partition coefficient (Wildman–Crippen LogP) is 2.64. The Morgan fingerprint density at radius 1 is 1.08 bits per heavy atom. The molecule has 4 rings (SSSR count). The van der Waals surface area contributed by atoms with Crippen molar-refractivity contribution in [2.45, 2.75) is 49.6 Å². The van der Waals surface area contributed by atoms with E-state index < -0.39 is 27.5 Å². The quantitative estimate of drug-likeness (QED) is 0.391. The fourth-order valence-corrected chi connectivity index (χ4v) is 5.43. The number of rotatable bonds is 10. The van der Waals surface area contributed by atoms with Gasteiger partial charge in [-0.3, -0.25) is 9.29 Å². The molecule has 13 nitrogen and oxygen atoms in total. The van der Waals surface area contributed by atoms with Crippen LogP contribution in [0.25, 0.3) is 5.69 Å². The molecule has 1 fully saturated rings. The van der Waals surface area contributed by atoms with Gasteiger partial charge in [-0.1, -0.05) is 11.6 Å². The van der Waals surface area contributed by atoms with Gasteiger partial charge >= 0.3 is 0 Å². The maximum Gasteiger partial charge on any atom is 0.245 e. The third-order valence-corrected chi connectivity index (χ3v) is 7.97. The number of nitrogens with one attached hydrogen (secondary N) is 1. The normalized spacial score (nSPS) is 19.4. The first-order valence-electron chi connectivity index (χ1n) is 11.2. The number of methoxy groups -OCH3 is 3. The van der Waals surface area contributed by atoms with Gasteiger partial charge in [-0.05, 0) is 26.2 Å². The Kier molecular flexibility index (Phi) is 8.04. The Bertz CT molecular complexity index is 1320. The zero-order valence-electron chi connectivity index (χ0n) is 20.5. The Balaban J connectivity index is 1.78. The zero-order chi connectivity index (χ0) is 26.7. The van der Waals surface area contributed by atoms with Gasteiger partial charge in [-0.15, -0.1) is 10.2 Å². The summed E-state index contributed by atoms with van der Waals surface area (Å²) >= 11 is 5.86. The minimum absolute atomic E-state index is 0.0838. The van der Waals surface area contributed by atoms with Crippen LogP contribution in [-0.4, -0.2) is 75.9 Å². The van der Waals surface area contributed by atoms with Crippen LogP contribution in [0.5, 0.6) is 11.8 Å². The van der Waals surface area contributed by atoms with E-state index in [2.05, 4.69) is 34.9 Å². The number of ether oxygens (including phenoxy) is 3. The molecule has 0 aliphatic heterocycles. The molecule has 1 N–H and O–H groups in total. The molecule has 3 aromatic rings. The van der Waals surface area contributed by atoms with Crippen molar-refractivity contribution in [3.8, 4) is 17.4 Å². The highest BCUT2D eigenvalue weighted by molar-refractivity contribution is 7.93. The van der Waals surface area contributed by atoms with Gasteiger partial charge in [0.05, 0.1) is 19.2 Å². The van der Waals surface area contributed by atoms with Gasteiger partial charge in [-0.25, -0.2) is 22.8 Å². The molecule has 3 aromatic heterocycles. The molecule has 0 aromatic carbocycles. The molecule has 2 unspecified atom stereocenters. The molecule has 0 amide bonds. The van der Waals surface area contributed by atoms with Crippen LogP contribution >= 0.6 is 11.6 Å². The van der Waals surface area contributed by atoms with Crippen LogP contribution in [0.4, 0.5) is 10.3 Å². The van der Waals surface area contributed by atoms with Crippen molar-refractivity contribution in [1.29, 1.82) is 0 Å². The third-order valence-electron chi connectivity index (χ3n) is 6.09. The van der Waals surface area contributed by atoms with Gasteiger partial charge in [0.1, 0.15) is 29.7 Å². The second-order valence-corrected chi connectivity index (χ2v) is 10.8. The summed E-state index contributed by atoms with van der Waals surface area (Å²) in [6, 6.07) is 0. The van der Waals surface area contributed by atoms with Crippen molar-refractivity contribution in [3.05, 3.63) is 35.4 Å². The lowest BCUT2D eigenvalue weighted by atomic mass is 10.1. The average molecular weight is 557 g/mol. The van der Waals surface area contributed by atoms with E-state index in [1.54, 1.807) is 0 Å². The van der Waals surface area contributed by atoms with Crippen LogP contribution in [-0.2, 0) is 14.8 Å². The van der Waals surface area contributed by atoms with Crippen LogP contribution in [0.2, 0.25) is 5.02 Å². The number of nitrogens with zero attached hydrogens (tertiary/aromatic N) is 7. The van der Waals surface area contributed by atoms with Crippen molar-refractivity contribution < 1.29 is 27.0 Å². The second kappa shape index (κ2) is 11.1. The summed E-state index contributed by atoms with van der Waals surface area (Å²) in [6.07, 6.45) is 2.95. The maximum absolute atomic E-state index is 14.1. The topological polar surface area (TPSA) is 156 Å². The average Bonchev–Trinajstić information content (AvgIpc) is 3.50. The molecule has 200 valence electrons. The Morgan fingerprint density at radius 2 is 1.73 bits per heavy atom. The number of alkyl halides is 1. The Labute approximate surface area is 217 Å². The first kappa shape index (κ1) is 26.9. The molecule has 0 saturated heterocycles. The predicted molar refractivity (Wildman–Crippen MR) is 130 cm³/mol. The molecule has 0 bridgehead atoms. The summed E-state index contributed by atoms with van der Waals surface area (Å²) in [6.45, 7) is 1.44. The number of hydrogen-bond acceptors (Lipinski definition) is 11. The van der Waals surface area contributed by atoms with Crippen molar-refractivity contribution >= 4 is 27.6 Å². The summed E-state index contributed by atoms with van der Waals surface area (Å²) < 4.78 is 61.2. The summed E-state index contributed by atoms with van der Waals surface area (Å²) in [5.74, 6) is 0.110.